The maximum Gasteiger partial charge on any atom is 0.338 e. The third-order valence-corrected chi connectivity index (χ3v) is 6.57. The number of rotatable bonds is 6. The second kappa shape index (κ2) is 9.56. The molecule has 0 fully saturated rings. The van der Waals surface area contributed by atoms with E-state index in [0.29, 0.717) is 37.9 Å². The van der Waals surface area contributed by atoms with Gasteiger partial charge in [-0.25, -0.2) is 9.79 Å². The smallest absolute Gasteiger partial charge is 0.338 e. The standard InChI is InChI=1S/C25H24N2O6S/c1-14-21(24(29)33-5)22(15-6-9-17(30-2)10-7-15)27-23(28)20(34-25(27)26-14)12-16-8-11-18(31-3)13-19(16)32-4/h6-13,22H,1-5H3/t22-/m1/s1. The van der Waals surface area contributed by atoms with Crippen molar-refractivity contribution in [3.05, 3.63) is 84.5 Å². The van der Waals surface area contributed by atoms with Crippen LogP contribution >= 0.6 is 11.3 Å². The summed E-state index contributed by atoms with van der Waals surface area (Å²) in [7, 11) is 6.03. The van der Waals surface area contributed by atoms with Gasteiger partial charge in [-0.05, 0) is 42.8 Å². The number of methoxy groups -OCH3 is 4. The highest BCUT2D eigenvalue weighted by atomic mass is 32.1. The van der Waals surface area contributed by atoms with Crippen LogP contribution in [0.2, 0.25) is 0 Å². The van der Waals surface area contributed by atoms with E-state index in [-0.39, 0.29) is 5.56 Å². The third-order valence-electron chi connectivity index (χ3n) is 5.59. The SMILES string of the molecule is COC(=O)C1=C(C)N=c2sc(=Cc3ccc(OC)cc3OC)c(=O)n2[C@@H]1c1ccc(OC)cc1. The number of nitrogens with zero attached hydrogens (tertiary/aromatic N) is 2. The van der Waals surface area contributed by atoms with Gasteiger partial charge in [0, 0.05) is 11.6 Å². The summed E-state index contributed by atoms with van der Waals surface area (Å²) in [6.07, 6.45) is 1.75. The van der Waals surface area contributed by atoms with Crippen molar-refractivity contribution in [2.75, 3.05) is 28.4 Å². The molecule has 1 aliphatic rings. The van der Waals surface area contributed by atoms with Crippen molar-refractivity contribution in [2.45, 2.75) is 13.0 Å². The maximum absolute atomic E-state index is 13.6. The number of ether oxygens (including phenoxy) is 4. The molecular weight excluding hydrogens is 456 g/mol. The number of carbonyl (C=O) groups excluding carboxylic acids is 1. The highest BCUT2D eigenvalue weighted by Crippen LogP contribution is 2.31. The van der Waals surface area contributed by atoms with Crippen molar-refractivity contribution in [1.29, 1.82) is 0 Å². The number of fused-ring (bicyclic) bond motifs is 1. The molecule has 0 saturated carbocycles. The van der Waals surface area contributed by atoms with Crippen LogP contribution in [0.25, 0.3) is 6.08 Å². The van der Waals surface area contributed by atoms with Crippen LogP contribution in [0.4, 0.5) is 0 Å². The second-order valence-electron chi connectivity index (χ2n) is 7.45. The summed E-state index contributed by atoms with van der Waals surface area (Å²) in [5.74, 6) is 1.35. The lowest BCUT2D eigenvalue weighted by atomic mass is 9.96. The number of thiazole rings is 1. The Balaban J connectivity index is 1.94. The van der Waals surface area contributed by atoms with E-state index in [9.17, 15) is 9.59 Å². The summed E-state index contributed by atoms with van der Waals surface area (Å²) in [6.45, 7) is 1.74. The third kappa shape index (κ3) is 4.10. The van der Waals surface area contributed by atoms with Gasteiger partial charge in [0.1, 0.15) is 17.2 Å². The number of hydrogen-bond acceptors (Lipinski definition) is 8. The summed E-state index contributed by atoms with van der Waals surface area (Å²) in [5, 5.41) is 0. The molecule has 2 heterocycles. The average Bonchev–Trinajstić information content (AvgIpc) is 3.17. The topological polar surface area (TPSA) is 88.4 Å². The Morgan fingerprint density at radius 1 is 1.00 bits per heavy atom. The van der Waals surface area contributed by atoms with Crippen LogP contribution in [0, 0.1) is 0 Å². The van der Waals surface area contributed by atoms with E-state index in [1.54, 1.807) is 58.6 Å². The number of aromatic nitrogens is 1. The van der Waals surface area contributed by atoms with Crippen LogP contribution in [0.1, 0.15) is 24.1 Å². The fraction of sp³-hybridized carbons (Fsp3) is 0.240. The van der Waals surface area contributed by atoms with Crippen LogP contribution in [-0.4, -0.2) is 39.0 Å². The molecule has 8 nitrogen and oxygen atoms in total. The molecule has 0 aliphatic carbocycles. The molecule has 4 rings (SSSR count). The van der Waals surface area contributed by atoms with Crippen molar-refractivity contribution in [3.63, 3.8) is 0 Å². The highest BCUT2D eigenvalue weighted by Gasteiger charge is 2.33. The molecule has 0 bridgehead atoms. The molecule has 2 aromatic carbocycles. The number of benzene rings is 2. The normalized spacial score (nSPS) is 15.4. The number of allylic oxidation sites excluding steroid dienone is 1. The van der Waals surface area contributed by atoms with Crippen LogP contribution in [0.5, 0.6) is 17.2 Å². The summed E-state index contributed by atoms with van der Waals surface area (Å²) >= 11 is 1.25. The number of hydrogen-bond donors (Lipinski definition) is 0. The minimum absolute atomic E-state index is 0.267. The highest BCUT2D eigenvalue weighted by molar-refractivity contribution is 7.07. The fourth-order valence-electron chi connectivity index (χ4n) is 3.87. The van der Waals surface area contributed by atoms with E-state index in [0.717, 1.165) is 11.1 Å². The first kappa shape index (κ1) is 23.3. The summed E-state index contributed by atoms with van der Waals surface area (Å²) < 4.78 is 23.0. The van der Waals surface area contributed by atoms with Crippen LogP contribution in [-0.2, 0) is 9.53 Å². The first-order valence-electron chi connectivity index (χ1n) is 10.4. The molecule has 0 unspecified atom stereocenters. The molecule has 0 saturated heterocycles. The molecule has 9 heteroatoms. The van der Waals surface area contributed by atoms with E-state index >= 15 is 0 Å². The van der Waals surface area contributed by atoms with Gasteiger partial charge in [0.15, 0.2) is 4.80 Å². The Morgan fingerprint density at radius 2 is 1.68 bits per heavy atom. The predicted octanol–water partition coefficient (Wildman–Crippen LogP) is 2.43. The first-order chi connectivity index (χ1) is 16.4. The summed E-state index contributed by atoms with van der Waals surface area (Å²) in [5.41, 5.74) is 2.01. The van der Waals surface area contributed by atoms with Gasteiger partial charge in [-0.3, -0.25) is 9.36 Å². The van der Waals surface area contributed by atoms with Gasteiger partial charge in [0.05, 0.1) is 50.3 Å². The minimum atomic E-state index is -0.686. The number of carbonyl (C=O) groups is 1. The van der Waals surface area contributed by atoms with Gasteiger partial charge in [-0.2, -0.15) is 0 Å². The van der Waals surface area contributed by atoms with Crippen molar-refractivity contribution < 1.29 is 23.7 Å². The first-order valence-corrected chi connectivity index (χ1v) is 11.2. The monoisotopic (exact) mass is 480 g/mol. The zero-order valence-corrected chi connectivity index (χ0v) is 20.3. The van der Waals surface area contributed by atoms with Gasteiger partial charge < -0.3 is 18.9 Å². The maximum atomic E-state index is 13.6. The van der Waals surface area contributed by atoms with E-state index in [4.69, 9.17) is 18.9 Å². The largest absolute Gasteiger partial charge is 0.497 e. The molecule has 0 amide bonds. The zero-order valence-electron chi connectivity index (χ0n) is 19.4. The summed E-state index contributed by atoms with van der Waals surface area (Å²) in [4.78, 5) is 31.4. The van der Waals surface area contributed by atoms with E-state index in [1.807, 2.05) is 18.2 Å². The van der Waals surface area contributed by atoms with Crippen molar-refractivity contribution in [2.24, 2.45) is 4.99 Å². The van der Waals surface area contributed by atoms with E-state index in [1.165, 1.54) is 23.0 Å². The molecule has 0 N–H and O–H groups in total. The summed E-state index contributed by atoms with van der Waals surface area (Å²) in [6, 6.07) is 11.9. The number of esters is 1. The average molecular weight is 481 g/mol. The lowest BCUT2D eigenvalue weighted by Crippen LogP contribution is -2.39. The Kier molecular flexibility index (Phi) is 6.56. The quantitative estimate of drug-likeness (QED) is 0.504. The van der Waals surface area contributed by atoms with Gasteiger partial charge in [0.2, 0.25) is 0 Å². The Hall–Kier alpha value is -3.85. The minimum Gasteiger partial charge on any atom is -0.497 e. The van der Waals surface area contributed by atoms with E-state index < -0.39 is 12.0 Å². The molecule has 1 aromatic heterocycles. The molecule has 0 radical (unpaired) electrons. The Labute approximate surface area is 200 Å². The van der Waals surface area contributed by atoms with Gasteiger partial charge in [-0.1, -0.05) is 23.5 Å². The molecule has 1 aliphatic heterocycles. The Morgan fingerprint density at radius 3 is 2.29 bits per heavy atom. The zero-order chi connectivity index (χ0) is 24.4. The lowest BCUT2D eigenvalue weighted by Gasteiger charge is -2.24. The van der Waals surface area contributed by atoms with Crippen LogP contribution in [0.3, 0.4) is 0 Å². The molecule has 0 spiro atoms. The molecular formula is C25H24N2O6S. The van der Waals surface area contributed by atoms with Gasteiger partial charge >= 0.3 is 5.97 Å². The predicted molar refractivity (Wildman–Crippen MR) is 128 cm³/mol. The van der Waals surface area contributed by atoms with Gasteiger partial charge in [-0.15, -0.1) is 0 Å². The van der Waals surface area contributed by atoms with Crippen LogP contribution < -0.4 is 29.1 Å². The second-order valence-corrected chi connectivity index (χ2v) is 8.46. The van der Waals surface area contributed by atoms with Crippen molar-refractivity contribution in [3.8, 4) is 17.2 Å². The van der Waals surface area contributed by atoms with Crippen molar-refractivity contribution >= 4 is 23.4 Å². The van der Waals surface area contributed by atoms with Crippen LogP contribution in [0.15, 0.2) is 63.5 Å². The molecule has 34 heavy (non-hydrogen) atoms. The van der Waals surface area contributed by atoms with Crippen molar-refractivity contribution in [1.82, 2.24) is 4.57 Å². The molecule has 176 valence electrons. The molecule has 1 atom stereocenters. The van der Waals surface area contributed by atoms with E-state index in [2.05, 4.69) is 4.99 Å². The Bertz CT molecular complexity index is 1450. The van der Waals surface area contributed by atoms with Gasteiger partial charge in [0.25, 0.3) is 5.56 Å². The molecule has 3 aromatic rings. The fourth-order valence-corrected chi connectivity index (χ4v) is 4.91. The lowest BCUT2D eigenvalue weighted by molar-refractivity contribution is -0.136.